The van der Waals surface area contributed by atoms with E-state index in [-0.39, 0.29) is 28.3 Å². The summed E-state index contributed by atoms with van der Waals surface area (Å²) in [5.74, 6) is -5.19. The van der Waals surface area contributed by atoms with Crippen molar-refractivity contribution in [3.63, 3.8) is 0 Å². The Labute approximate surface area is 197 Å². The van der Waals surface area contributed by atoms with Crippen LogP contribution in [0.25, 0.3) is 0 Å². The fraction of sp³-hybridized carbons (Fsp3) is 0.130. The number of benzene rings is 3. The van der Waals surface area contributed by atoms with Crippen molar-refractivity contribution in [1.82, 2.24) is 0 Å². The van der Waals surface area contributed by atoms with Crippen LogP contribution in [0.15, 0.2) is 54.6 Å². The minimum absolute atomic E-state index is 0.0583. The molecular formula is C23H14F8N2O3. The summed E-state index contributed by atoms with van der Waals surface area (Å²) in [7, 11) is 1.19. The number of amides is 2. The molecule has 0 aromatic heterocycles. The maximum atomic E-state index is 13.8. The van der Waals surface area contributed by atoms with Gasteiger partial charge in [-0.3, -0.25) is 9.59 Å². The van der Waals surface area contributed by atoms with E-state index in [0.29, 0.717) is 24.3 Å². The normalized spacial score (nSPS) is 11.7. The largest absolute Gasteiger partial charge is 0.496 e. The zero-order chi connectivity index (χ0) is 26.8. The van der Waals surface area contributed by atoms with Gasteiger partial charge in [0.25, 0.3) is 11.8 Å². The summed E-state index contributed by atoms with van der Waals surface area (Å²) in [6, 6.07) is 6.89. The van der Waals surface area contributed by atoms with Gasteiger partial charge in [0.15, 0.2) is 0 Å². The highest BCUT2D eigenvalue weighted by Gasteiger charge is 2.35. The van der Waals surface area contributed by atoms with Gasteiger partial charge in [0.05, 0.1) is 23.8 Å². The molecule has 0 aliphatic carbocycles. The van der Waals surface area contributed by atoms with Crippen molar-refractivity contribution in [2.45, 2.75) is 12.4 Å². The van der Waals surface area contributed by atoms with Crippen LogP contribution in [0, 0.1) is 11.6 Å². The molecule has 3 aromatic rings. The molecule has 0 saturated carbocycles. The molecule has 3 rings (SSSR count). The quantitative estimate of drug-likeness (QED) is 0.378. The van der Waals surface area contributed by atoms with Crippen LogP contribution < -0.4 is 15.4 Å². The smallest absolute Gasteiger partial charge is 0.419 e. The average molecular weight is 518 g/mol. The molecule has 0 fully saturated rings. The molecule has 2 N–H and O–H groups in total. The van der Waals surface area contributed by atoms with Gasteiger partial charge in [-0.2, -0.15) is 26.3 Å². The van der Waals surface area contributed by atoms with Gasteiger partial charge in [-0.15, -0.1) is 0 Å². The van der Waals surface area contributed by atoms with Gasteiger partial charge in [0.1, 0.15) is 17.4 Å². The molecule has 0 aliphatic rings. The second-order valence-electron chi connectivity index (χ2n) is 7.21. The number of anilines is 2. The van der Waals surface area contributed by atoms with Crippen LogP contribution in [0.2, 0.25) is 0 Å². The van der Waals surface area contributed by atoms with E-state index in [1.54, 1.807) is 0 Å². The average Bonchev–Trinajstić information content (AvgIpc) is 2.76. The number of carbonyl (C=O) groups excluding carboxylic acids is 2. The van der Waals surface area contributed by atoms with Crippen LogP contribution in [0.5, 0.6) is 5.75 Å². The molecule has 0 saturated heterocycles. The summed E-state index contributed by atoms with van der Waals surface area (Å²) in [6.45, 7) is 0. The van der Waals surface area contributed by atoms with Crippen LogP contribution in [-0.2, 0) is 12.4 Å². The second-order valence-corrected chi connectivity index (χ2v) is 7.21. The third-order valence-electron chi connectivity index (χ3n) is 4.77. The first kappa shape index (κ1) is 26.4. The molecule has 0 spiro atoms. The fourth-order valence-electron chi connectivity index (χ4n) is 3.07. The maximum Gasteiger partial charge on any atom is 0.419 e. The predicted molar refractivity (Wildman–Crippen MR) is 112 cm³/mol. The zero-order valence-electron chi connectivity index (χ0n) is 17.9. The van der Waals surface area contributed by atoms with E-state index >= 15 is 0 Å². The number of ether oxygens (including phenoxy) is 1. The Morgan fingerprint density at radius 1 is 0.694 bits per heavy atom. The lowest BCUT2D eigenvalue weighted by Gasteiger charge is -2.13. The monoisotopic (exact) mass is 518 g/mol. The van der Waals surface area contributed by atoms with Crippen molar-refractivity contribution in [2.24, 2.45) is 0 Å². The first-order valence-electron chi connectivity index (χ1n) is 9.75. The highest BCUT2D eigenvalue weighted by Crippen LogP contribution is 2.34. The number of halogens is 8. The summed E-state index contributed by atoms with van der Waals surface area (Å²) in [5, 5.41) is 4.37. The van der Waals surface area contributed by atoms with Crippen molar-refractivity contribution >= 4 is 23.2 Å². The highest BCUT2D eigenvalue weighted by molar-refractivity contribution is 6.10. The molecule has 0 radical (unpaired) electrons. The molecule has 13 heteroatoms. The maximum absolute atomic E-state index is 13.8. The standard InChI is InChI=1S/C23H14F8N2O3/c1-36-19-7-2-11(20(34)32-12-3-5-15(17(24)9-12)22(26,27)28)8-14(19)21(35)33-13-4-6-16(18(25)10-13)23(29,30)31/h2-10H,1H3,(H,32,34)(H,33,35). The molecule has 0 heterocycles. The van der Waals surface area contributed by atoms with Gasteiger partial charge in [0, 0.05) is 16.9 Å². The van der Waals surface area contributed by atoms with Crippen LogP contribution in [0.4, 0.5) is 46.5 Å². The number of hydrogen-bond acceptors (Lipinski definition) is 3. The third-order valence-corrected chi connectivity index (χ3v) is 4.77. The van der Waals surface area contributed by atoms with Crippen LogP contribution in [0.1, 0.15) is 31.8 Å². The Balaban J connectivity index is 1.83. The minimum Gasteiger partial charge on any atom is -0.496 e. The number of nitrogens with one attached hydrogen (secondary N) is 2. The lowest BCUT2D eigenvalue weighted by molar-refractivity contribution is -0.140. The summed E-state index contributed by atoms with van der Waals surface area (Å²) in [5.41, 5.74) is -4.14. The van der Waals surface area contributed by atoms with Gasteiger partial charge in [0.2, 0.25) is 0 Å². The van der Waals surface area contributed by atoms with Crippen LogP contribution in [-0.4, -0.2) is 18.9 Å². The summed E-state index contributed by atoms with van der Waals surface area (Å²) in [4.78, 5) is 25.2. The van der Waals surface area contributed by atoms with Crippen molar-refractivity contribution in [2.75, 3.05) is 17.7 Å². The van der Waals surface area contributed by atoms with E-state index < -0.39 is 46.9 Å². The Hall–Kier alpha value is -4.16. The number of carbonyl (C=O) groups is 2. The summed E-state index contributed by atoms with van der Waals surface area (Å²) in [6.07, 6.45) is -9.87. The molecule has 36 heavy (non-hydrogen) atoms. The van der Waals surface area contributed by atoms with E-state index in [9.17, 15) is 44.7 Å². The number of rotatable bonds is 5. The van der Waals surface area contributed by atoms with Crippen molar-refractivity contribution in [3.8, 4) is 5.75 Å². The molecule has 5 nitrogen and oxygen atoms in total. The van der Waals surface area contributed by atoms with Crippen molar-refractivity contribution in [3.05, 3.63) is 88.5 Å². The van der Waals surface area contributed by atoms with E-state index in [2.05, 4.69) is 10.6 Å². The SMILES string of the molecule is COc1ccc(C(=O)Nc2ccc(C(F)(F)F)c(F)c2)cc1C(=O)Nc1ccc(C(F)(F)F)c(F)c1. The second kappa shape index (κ2) is 9.84. The van der Waals surface area contributed by atoms with Crippen LogP contribution >= 0.6 is 0 Å². The number of alkyl halides is 6. The van der Waals surface area contributed by atoms with E-state index in [1.165, 1.54) is 19.2 Å². The van der Waals surface area contributed by atoms with Gasteiger partial charge >= 0.3 is 12.4 Å². The number of hydrogen-bond donors (Lipinski definition) is 2. The van der Waals surface area contributed by atoms with E-state index in [1.807, 2.05) is 0 Å². The van der Waals surface area contributed by atoms with E-state index in [0.717, 1.165) is 18.2 Å². The minimum atomic E-state index is -4.94. The fourth-order valence-corrected chi connectivity index (χ4v) is 3.07. The van der Waals surface area contributed by atoms with Crippen LogP contribution in [0.3, 0.4) is 0 Å². The molecule has 2 amide bonds. The van der Waals surface area contributed by atoms with Gasteiger partial charge < -0.3 is 15.4 Å². The third kappa shape index (κ3) is 5.90. The molecule has 0 atom stereocenters. The van der Waals surface area contributed by atoms with Gasteiger partial charge in [-0.05, 0) is 54.6 Å². The van der Waals surface area contributed by atoms with E-state index in [4.69, 9.17) is 4.74 Å². The number of methoxy groups -OCH3 is 1. The Morgan fingerprint density at radius 2 is 1.17 bits per heavy atom. The highest BCUT2D eigenvalue weighted by atomic mass is 19.4. The Bertz CT molecular complexity index is 1320. The predicted octanol–water partition coefficient (Wildman–Crippen LogP) is 6.52. The molecule has 0 bridgehead atoms. The lowest BCUT2D eigenvalue weighted by atomic mass is 10.1. The first-order chi connectivity index (χ1) is 16.7. The topological polar surface area (TPSA) is 67.4 Å². The molecule has 190 valence electrons. The molecular weight excluding hydrogens is 504 g/mol. The molecule has 0 aliphatic heterocycles. The molecule has 0 unspecified atom stereocenters. The summed E-state index contributed by atoms with van der Waals surface area (Å²) < 4.78 is 109. The van der Waals surface area contributed by atoms with Crippen molar-refractivity contribution in [1.29, 1.82) is 0 Å². The molecule has 3 aromatic carbocycles. The zero-order valence-corrected chi connectivity index (χ0v) is 17.9. The van der Waals surface area contributed by atoms with Gasteiger partial charge in [-0.25, -0.2) is 8.78 Å². The summed E-state index contributed by atoms with van der Waals surface area (Å²) >= 11 is 0. The van der Waals surface area contributed by atoms with Crippen molar-refractivity contribution < 1.29 is 49.4 Å². The lowest BCUT2D eigenvalue weighted by Crippen LogP contribution is -2.17. The Morgan fingerprint density at radius 3 is 1.58 bits per heavy atom. The van der Waals surface area contributed by atoms with Gasteiger partial charge in [-0.1, -0.05) is 0 Å². The Kier molecular flexibility index (Phi) is 7.22. The first-order valence-corrected chi connectivity index (χ1v) is 9.75.